The lowest BCUT2D eigenvalue weighted by Gasteiger charge is -2.11. The minimum Gasteiger partial charge on any atom is -0.341 e. The summed E-state index contributed by atoms with van der Waals surface area (Å²) in [5.74, 6) is 0.578. The van der Waals surface area contributed by atoms with Crippen LogP contribution in [0, 0.1) is 6.92 Å². The van der Waals surface area contributed by atoms with Crippen molar-refractivity contribution in [3.05, 3.63) is 47.5 Å². The highest BCUT2D eigenvalue weighted by atomic mass is 16.2. The summed E-state index contributed by atoms with van der Waals surface area (Å²) >= 11 is 0. The summed E-state index contributed by atoms with van der Waals surface area (Å²) in [4.78, 5) is 20.0. The average Bonchev–Trinajstić information content (AvgIpc) is 3.01. The molecule has 2 aromatic heterocycles. The van der Waals surface area contributed by atoms with Gasteiger partial charge >= 0.3 is 0 Å². The molecule has 108 valence electrons. The van der Waals surface area contributed by atoms with Crippen molar-refractivity contribution < 1.29 is 4.79 Å². The van der Waals surface area contributed by atoms with Gasteiger partial charge in [0.1, 0.15) is 11.5 Å². The summed E-state index contributed by atoms with van der Waals surface area (Å²) in [7, 11) is 1.76. The number of amides is 1. The van der Waals surface area contributed by atoms with Crippen molar-refractivity contribution in [3.63, 3.8) is 0 Å². The van der Waals surface area contributed by atoms with Crippen molar-refractivity contribution in [1.82, 2.24) is 25.1 Å². The molecule has 6 nitrogen and oxygen atoms in total. The molecule has 0 fully saturated rings. The van der Waals surface area contributed by atoms with Gasteiger partial charge in [-0.25, -0.2) is 4.98 Å². The number of carbonyl (C=O) groups excluding carboxylic acids is 1. The molecule has 0 spiro atoms. The normalized spacial score (nSPS) is 12.5. The third-order valence-corrected chi connectivity index (χ3v) is 3.40. The Balaban J connectivity index is 1.81. The number of carbonyl (C=O) groups is 1. The Morgan fingerprint density at radius 1 is 1.38 bits per heavy atom. The van der Waals surface area contributed by atoms with Crippen molar-refractivity contribution in [2.24, 2.45) is 7.05 Å². The highest BCUT2D eigenvalue weighted by molar-refractivity contribution is 5.92. The second-order valence-electron chi connectivity index (χ2n) is 5.13. The number of aryl methyl sites for hydroxylation is 2. The van der Waals surface area contributed by atoms with Crippen LogP contribution in [0.5, 0.6) is 0 Å². The summed E-state index contributed by atoms with van der Waals surface area (Å²) < 4.78 is 1.58. The zero-order chi connectivity index (χ0) is 15.0. The maximum atomic E-state index is 12.3. The average molecular weight is 283 g/mol. The number of imidazole rings is 1. The monoisotopic (exact) mass is 283 g/mol. The summed E-state index contributed by atoms with van der Waals surface area (Å²) in [5.41, 5.74) is 3.21. The van der Waals surface area contributed by atoms with Gasteiger partial charge in [0, 0.05) is 7.05 Å². The van der Waals surface area contributed by atoms with E-state index >= 15 is 0 Å². The molecule has 21 heavy (non-hydrogen) atoms. The van der Waals surface area contributed by atoms with Gasteiger partial charge in [0.2, 0.25) is 0 Å². The van der Waals surface area contributed by atoms with Gasteiger partial charge in [0.25, 0.3) is 5.91 Å². The zero-order valence-electron chi connectivity index (χ0n) is 12.2. The molecule has 1 unspecified atom stereocenters. The van der Waals surface area contributed by atoms with E-state index in [9.17, 15) is 4.79 Å². The van der Waals surface area contributed by atoms with Crippen LogP contribution >= 0.6 is 0 Å². The summed E-state index contributed by atoms with van der Waals surface area (Å²) in [5, 5.41) is 7.11. The molecule has 0 bridgehead atoms. The van der Waals surface area contributed by atoms with E-state index in [4.69, 9.17) is 0 Å². The van der Waals surface area contributed by atoms with Crippen LogP contribution in [0.1, 0.15) is 35.0 Å². The predicted octanol–water partition coefficient (Wildman–Crippen LogP) is 2.10. The molecule has 0 saturated carbocycles. The number of fused-ring (bicyclic) bond motifs is 1. The minimum atomic E-state index is -0.208. The molecule has 0 aliphatic carbocycles. The standard InChI is InChI=1S/C15H17N5O/c1-9-8-13(20(3)19-9)15(21)16-10(2)14-17-11-6-4-5-7-12(11)18-14/h4-8,10H,1-3H3,(H,16,21)(H,17,18). The molecule has 2 N–H and O–H groups in total. The predicted molar refractivity (Wildman–Crippen MR) is 79.9 cm³/mol. The summed E-state index contributed by atoms with van der Waals surface area (Å²) in [6, 6.07) is 9.35. The van der Waals surface area contributed by atoms with Gasteiger partial charge in [-0.2, -0.15) is 5.10 Å². The molecule has 0 aliphatic heterocycles. The van der Waals surface area contributed by atoms with Crippen LogP contribution in [0.4, 0.5) is 0 Å². The third-order valence-electron chi connectivity index (χ3n) is 3.40. The van der Waals surface area contributed by atoms with Crippen molar-refractivity contribution in [3.8, 4) is 0 Å². The van der Waals surface area contributed by atoms with Gasteiger partial charge in [0.05, 0.1) is 22.8 Å². The lowest BCUT2D eigenvalue weighted by molar-refractivity contribution is 0.0929. The Morgan fingerprint density at radius 2 is 2.14 bits per heavy atom. The molecule has 1 amide bonds. The number of H-pyrrole nitrogens is 1. The van der Waals surface area contributed by atoms with E-state index in [2.05, 4.69) is 20.4 Å². The summed E-state index contributed by atoms with van der Waals surface area (Å²) in [6.07, 6.45) is 0. The fourth-order valence-corrected chi connectivity index (χ4v) is 2.34. The van der Waals surface area contributed by atoms with Crippen LogP contribution in [0.25, 0.3) is 11.0 Å². The lowest BCUT2D eigenvalue weighted by Crippen LogP contribution is -2.29. The molecular weight excluding hydrogens is 266 g/mol. The van der Waals surface area contributed by atoms with Crippen LogP contribution < -0.4 is 5.32 Å². The molecule has 0 saturated heterocycles. The number of nitrogens with one attached hydrogen (secondary N) is 2. The number of hydrogen-bond donors (Lipinski definition) is 2. The second kappa shape index (κ2) is 5.05. The maximum absolute atomic E-state index is 12.3. The molecule has 0 radical (unpaired) electrons. The topological polar surface area (TPSA) is 75.6 Å². The highest BCUT2D eigenvalue weighted by Gasteiger charge is 2.17. The molecule has 3 rings (SSSR count). The molecule has 1 aromatic carbocycles. The van der Waals surface area contributed by atoms with E-state index in [1.165, 1.54) is 0 Å². The van der Waals surface area contributed by atoms with Crippen LogP contribution in [-0.4, -0.2) is 25.7 Å². The van der Waals surface area contributed by atoms with Gasteiger partial charge < -0.3 is 10.3 Å². The molecular formula is C15H17N5O. The first-order valence-corrected chi connectivity index (χ1v) is 6.81. The van der Waals surface area contributed by atoms with Crippen LogP contribution in [0.2, 0.25) is 0 Å². The van der Waals surface area contributed by atoms with Crippen molar-refractivity contribution in [1.29, 1.82) is 0 Å². The number of rotatable bonds is 3. The van der Waals surface area contributed by atoms with Crippen molar-refractivity contribution in [2.45, 2.75) is 19.9 Å². The largest absolute Gasteiger partial charge is 0.341 e. The van der Waals surface area contributed by atoms with Gasteiger partial charge in [-0.1, -0.05) is 12.1 Å². The van der Waals surface area contributed by atoms with Gasteiger partial charge in [-0.3, -0.25) is 9.48 Å². The fourth-order valence-electron chi connectivity index (χ4n) is 2.34. The Labute approximate surface area is 122 Å². The second-order valence-corrected chi connectivity index (χ2v) is 5.13. The molecule has 1 atom stereocenters. The smallest absolute Gasteiger partial charge is 0.270 e. The first kappa shape index (κ1) is 13.4. The van der Waals surface area contributed by atoms with Crippen LogP contribution in [-0.2, 0) is 7.05 Å². The van der Waals surface area contributed by atoms with E-state index in [0.29, 0.717) is 5.69 Å². The van der Waals surface area contributed by atoms with E-state index < -0.39 is 0 Å². The van der Waals surface area contributed by atoms with E-state index in [1.807, 2.05) is 38.1 Å². The number of hydrogen-bond acceptors (Lipinski definition) is 3. The Hall–Kier alpha value is -2.63. The quantitative estimate of drug-likeness (QED) is 0.773. The number of benzene rings is 1. The number of para-hydroxylation sites is 2. The minimum absolute atomic E-state index is 0.161. The van der Waals surface area contributed by atoms with Crippen molar-refractivity contribution >= 4 is 16.9 Å². The fraction of sp³-hybridized carbons (Fsp3) is 0.267. The Morgan fingerprint density at radius 3 is 2.81 bits per heavy atom. The Bertz CT molecular complexity index is 768. The first-order valence-electron chi connectivity index (χ1n) is 6.81. The van der Waals surface area contributed by atoms with Gasteiger partial charge in [0.15, 0.2) is 0 Å². The van der Waals surface area contributed by atoms with Gasteiger partial charge in [-0.15, -0.1) is 0 Å². The number of nitrogens with zero attached hydrogens (tertiary/aromatic N) is 3. The summed E-state index contributed by atoms with van der Waals surface area (Å²) in [6.45, 7) is 3.76. The molecule has 3 aromatic rings. The lowest BCUT2D eigenvalue weighted by atomic mass is 10.3. The van der Waals surface area contributed by atoms with Gasteiger partial charge in [-0.05, 0) is 32.0 Å². The third kappa shape index (κ3) is 2.52. The molecule has 0 aliphatic rings. The maximum Gasteiger partial charge on any atom is 0.270 e. The molecule has 6 heteroatoms. The Kier molecular flexibility index (Phi) is 3.21. The number of aromatic nitrogens is 4. The SMILES string of the molecule is Cc1cc(C(=O)NC(C)c2nc3ccccc3[nH]2)n(C)n1. The van der Waals surface area contributed by atoms with E-state index in [0.717, 1.165) is 22.6 Å². The van der Waals surface area contributed by atoms with E-state index in [1.54, 1.807) is 17.8 Å². The van der Waals surface area contributed by atoms with Crippen molar-refractivity contribution in [2.75, 3.05) is 0 Å². The first-order chi connectivity index (χ1) is 10.0. The van der Waals surface area contributed by atoms with Crippen LogP contribution in [0.3, 0.4) is 0 Å². The number of aromatic amines is 1. The van der Waals surface area contributed by atoms with E-state index in [-0.39, 0.29) is 11.9 Å². The molecule has 2 heterocycles. The van der Waals surface area contributed by atoms with Crippen LogP contribution in [0.15, 0.2) is 30.3 Å². The zero-order valence-corrected chi connectivity index (χ0v) is 12.2. The highest BCUT2D eigenvalue weighted by Crippen LogP contribution is 2.16.